The number of rotatable bonds is 6. The summed E-state index contributed by atoms with van der Waals surface area (Å²) in [6.45, 7) is 2.41. The number of anilines is 1. The lowest BCUT2D eigenvalue weighted by atomic mass is 10.2. The average molecular weight is 453 g/mol. The Bertz CT molecular complexity index is 1030. The van der Waals surface area contributed by atoms with E-state index in [-0.39, 0.29) is 23.5 Å². The maximum absolute atomic E-state index is 12.9. The number of hydrogen-bond acceptors (Lipinski definition) is 6. The first-order chi connectivity index (χ1) is 14.3. The molecule has 3 rings (SSSR count). The van der Waals surface area contributed by atoms with Gasteiger partial charge in [-0.25, -0.2) is 13.2 Å². The highest BCUT2D eigenvalue weighted by Crippen LogP contribution is 2.24. The number of hydrogen-bond donors (Lipinski definition) is 1. The van der Waals surface area contributed by atoms with Crippen LogP contribution in [0.3, 0.4) is 0 Å². The summed E-state index contributed by atoms with van der Waals surface area (Å²) in [7, 11) is -3.71. The summed E-state index contributed by atoms with van der Waals surface area (Å²) in [5.74, 6) is -1.25. The van der Waals surface area contributed by atoms with Crippen LogP contribution in [0.1, 0.15) is 15.9 Å². The molecule has 1 saturated heterocycles. The second-order valence-electron chi connectivity index (χ2n) is 6.63. The molecule has 1 heterocycles. The SMILES string of the molecule is Cc1ccc(NC(=O)COC(=O)c2ccc(Cl)cc2)cc1S(=O)(=O)N1CCOCC1. The van der Waals surface area contributed by atoms with Crippen LogP contribution < -0.4 is 5.32 Å². The van der Waals surface area contributed by atoms with Crippen LogP contribution in [0, 0.1) is 6.92 Å². The van der Waals surface area contributed by atoms with E-state index in [1.54, 1.807) is 31.2 Å². The van der Waals surface area contributed by atoms with E-state index in [9.17, 15) is 18.0 Å². The molecule has 1 aliphatic rings. The van der Waals surface area contributed by atoms with E-state index in [2.05, 4.69) is 5.32 Å². The molecular weight excluding hydrogens is 432 g/mol. The van der Waals surface area contributed by atoms with Gasteiger partial charge in [-0.1, -0.05) is 17.7 Å². The number of nitrogens with one attached hydrogen (secondary N) is 1. The number of aryl methyl sites for hydroxylation is 1. The van der Waals surface area contributed by atoms with Crippen LogP contribution in [-0.2, 0) is 24.3 Å². The lowest BCUT2D eigenvalue weighted by molar-refractivity contribution is -0.119. The fourth-order valence-corrected chi connectivity index (χ4v) is 4.66. The Morgan fingerprint density at radius 3 is 2.47 bits per heavy atom. The normalized spacial score (nSPS) is 14.9. The summed E-state index contributed by atoms with van der Waals surface area (Å²) < 4.78 is 37.4. The molecule has 30 heavy (non-hydrogen) atoms. The molecule has 0 bridgehead atoms. The van der Waals surface area contributed by atoms with Gasteiger partial charge in [0.05, 0.1) is 23.7 Å². The van der Waals surface area contributed by atoms with Crippen LogP contribution in [-0.4, -0.2) is 57.5 Å². The van der Waals surface area contributed by atoms with Crippen molar-refractivity contribution in [3.05, 3.63) is 58.6 Å². The van der Waals surface area contributed by atoms with Crippen molar-refractivity contribution >= 4 is 39.2 Å². The molecule has 0 saturated carbocycles. The zero-order valence-electron chi connectivity index (χ0n) is 16.3. The molecule has 2 aromatic rings. The van der Waals surface area contributed by atoms with Gasteiger partial charge < -0.3 is 14.8 Å². The summed E-state index contributed by atoms with van der Waals surface area (Å²) in [6.07, 6.45) is 0. The van der Waals surface area contributed by atoms with Gasteiger partial charge in [-0.15, -0.1) is 0 Å². The Kier molecular flexibility index (Phi) is 7.09. The lowest BCUT2D eigenvalue weighted by Gasteiger charge is -2.26. The Morgan fingerprint density at radius 1 is 1.13 bits per heavy atom. The quantitative estimate of drug-likeness (QED) is 0.675. The molecule has 1 fully saturated rings. The number of amides is 1. The highest BCUT2D eigenvalue weighted by molar-refractivity contribution is 7.89. The predicted molar refractivity (Wildman–Crippen MR) is 111 cm³/mol. The summed E-state index contributed by atoms with van der Waals surface area (Å²) in [5.41, 5.74) is 1.12. The predicted octanol–water partition coefficient (Wildman–Crippen LogP) is 2.46. The van der Waals surface area contributed by atoms with E-state index < -0.39 is 28.5 Å². The smallest absolute Gasteiger partial charge is 0.338 e. The Labute approximate surface area is 179 Å². The van der Waals surface area contributed by atoms with Crippen molar-refractivity contribution in [3.8, 4) is 0 Å². The maximum atomic E-state index is 12.9. The molecule has 0 spiro atoms. The molecule has 8 nitrogen and oxygen atoms in total. The van der Waals surface area contributed by atoms with E-state index in [4.69, 9.17) is 21.1 Å². The van der Waals surface area contributed by atoms with Crippen LogP contribution in [0.25, 0.3) is 0 Å². The summed E-state index contributed by atoms with van der Waals surface area (Å²) in [6, 6.07) is 10.7. The molecule has 1 amide bonds. The minimum atomic E-state index is -3.71. The van der Waals surface area contributed by atoms with Gasteiger partial charge in [0.15, 0.2) is 6.61 Å². The molecule has 0 radical (unpaired) electrons. The molecule has 0 atom stereocenters. The Morgan fingerprint density at radius 2 is 1.80 bits per heavy atom. The fourth-order valence-electron chi connectivity index (χ4n) is 2.88. The molecule has 1 N–H and O–H groups in total. The second-order valence-corrected chi connectivity index (χ2v) is 8.97. The highest BCUT2D eigenvalue weighted by Gasteiger charge is 2.28. The third-order valence-corrected chi connectivity index (χ3v) is 6.77. The van der Waals surface area contributed by atoms with E-state index >= 15 is 0 Å². The number of morpholine rings is 1. The van der Waals surface area contributed by atoms with E-state index in [1.165, 1.54) is 22.5 Å². The number of benzene rings is 2. The third-order valence-electron chi connectivity index (χ3n) is 4.47. The van der Waals surface area contributed by atoms with Crippen LogP contribution in [0.5, 0.6) is 0 Å². The monoisotopic (exact) mass is 452 g/mol. The van der Waals surface area contributed by atoms with Crippen LogP contribution in [0.2, 0.25) is 5.02 Å². The van der Waals surface area contributed by atoms with E-state index in [0.717, 1.165) is 0 Å². The third kappa shape index (κ3) is 5.37. The molecule has 160 valence electrons. The zero-order chi connectivity index (χ0) is 21.7. The number of sulfonamides is 1. The largest absolute Gasteiger partial charge is 0.452 e. The second kappa shape index (κ2) is 9.57. The maximum Gasteiger partial charge on any atom is 0.338 e. The van der Waals surface area contributed by atoms with Gasteiger partial charge in [-0.05, 0) is 48.9 Å². The highest BCUT2D eigenvalue weighted by atomic mass is 35.5. The van der Waals surface area contributed by atoms with Gasteiger partial charge in [-0.3, -0.25) is 4.79 Å². The molecule has 1 aliphatic heterocycles. The molecule has 0 unspecified atom stereocenters. The lowest BCUT2D eigenvalue weighted by Crippen LogP contribution is -2.40. The van der Waals surface area contributed by atoms with Crippen LogP contribution in [0.15, 0.2) is 47.4 Å². The van der Waals surface area contributed by atoms with Crippen molar-refractivity contribution < 1.29 is 27.5 Å². The number of esters is 1. The number of ether oxygens (including phenoxy) is 2. The standard InChI is InChI=1S/C20H21ClN2O6S/c1-14-2-7-17(12-18(14)30(26,27)23-8-10-28-11-9-23)22-19(24)13-29-20(25)15-3-5-16(21)6-4-15/h2-7,12H,8-11,13H2,1H3,(H,22,24). The van der Waals surface area contributed by atoms with Crippen LogP contribution in [0.4, 0.5) is 5.69 Å². The van der Waals surface area contributed by atoms with E-state index in [1.807, 2.05) is 0 Å². The molecule has 0 aliphatic carbocycles. The minimum Gasteiger partial charge on any atom is -0.452 e. The first-order valence-corrected chi connectivity index (χ1v) is 11.0. The van der Waals surface area contributed by atoms with Crippen molar-refractivity contribution in [2.24, 2.45) is 0 Å². The summed E-state index contributed by atoms with van der Waals surface area (Å²) >= 11 is 5.77. The molecule has 2 aromatic carbocycles. The number of nitrogens with zero attached hydrogens (tertiary/aromatic N) is 1. The number of carbonyl (C=O) groups is 2. The van der Waals surface area contributed by atoms with Gasteiger partial charge in [0.1, 0.15) is 0 Å². The molecular formula is C20H21ClN2O6S. The van der Waals surface area contributed by atoms with Crippen molar-refractivity contribution in [2.75, 3.05) is 38.2 Å². The van der Waals surface area contributed by atoms with Crippen molar-refractivity contribution in [2.45, 2.75) is 11.8 Å². The number of halogens is 1. The van der Waals surface area contributed by atoms with Gasteiger partial charge in [-0.2, -0.15) is 4.31 Å². The van der Waals surface area contributed by atoms with Crippen molar-refractivity contribution in [3.63, 3.8) is 0 Å². The Hall–Kier alpha value is -2.46. The van der Waals surface area contributed by atoms with Gasteiger partial charge >= 0.3 is 5.97 Å². The number of carbonyl (C=O) groups excluding carboxylic acids is 2. The zero-order valence-corrected chi connectivity index (χ0v) is 17.8. The van der Waals surface area contributed by atoms with Gasteiger partial charge in [0.2, 0.25) is 10.0 Å². The molecule has 0 aromatic heterocycles. The topological polar surface area (TPSA) is 102 Å². The van der Waals surface area contributed by atoms with Gasteiger partial charge in [0, 0.05) is 23.8 Å². The van der Waals surface area contributed by atoms with E-state index in [0.29, 0.717) is 29.5 Å². The first kappa shape index (κ1) is 22.2. The first-order valence-electron chi connectivity index (χ1n) is 9.18. The Balaban J connectivity index is 1.65. The van der Waals surface area contributed by atoms with Gasteiger partial charge in [0.25, 0.3) is 5.91 Å². The summed E-state index contributed by atoms with van der Waals surface area (Å²) in [5, 5.41) is 3.03. The fraction of sp³-hybridized carbons (Fsp3) is 0.300. The average Bonchev–Trinajstić information content (AvgIpc) is 2.74. The summed E-state index contributed by atoms with van der Waals surface area (Å²) in [4.78, 5) is 24.3. The van der Waals surface area contributed by atoms with Crippen LogP contribution >= 0.6 is 11.6 Å². The van der Waals surface area contributed by atoms with Crippen molar-refractivity contribution in [1.82, 2.24) is 4.31 Å². The molecule has 10 heteroatoms. The minimum absolute atomic E-state index is 0.111. The van der Waals surface area contributed by atoms with Crippen molar-refractivity contribution in [1.29, 1.82) is 0 Å².